The van der Waals surface area contributed by atoms with Gasteiger partial charge in [0, 0.05) is 23.8 Å². The molecule has 0 fully saturated rings. The Morgan fingerprint density at radius 1 is 1.22 bits per heavy atom. The molecule has 1 aromatic heterocycles. The van der Waals surface area contributed by atoms with Crippen LogP contribution in [0.4, 0.5) is 5.69 Å². The topological polar surface area (TPSA) is 74.7 Å². The fourth-order valence-corrected chi connectivity index (χ4v) is 2.68. The Labute approximate surface area is 137 Å². The van der Waals surface area contributed by atoms with E-state index in [0.29, 0.717) is 5.02 Å². The van der Waals surface area contributed by atoms with Crippen molar-refractivity contribution < 1.29 is 0 Å². The molecular weight excluding hydrogens is 314 g/mol. The van der Waals surface area contributed by atoms with E-state index in [4.69, 9.17) is 17.4 Å². The van der Waals surface area contributed by atoms with Gasteiger partial charge in [-0.15, -0.1) is 0 Å². The second-order valence-corrected chi connectivity index (χ2v) is 5.69. The molecule has 3 N–H and O–H groups in total. The first-order chi connectivity index (χ1) is 11.1. The fraction of sp³-hybridized carbons (Fsp3) is 0.0667. The molecule has 0 bridgehead atoms. The largest absolute Gasteiger partial charge is 0.291 e. The van der Waals surface area contributed by atoms with Gasteiger partial charge in [-0.05, 0) is 24.3 Å². The maximum Gasteiger partial charge on any atom is 0.118 e. The van der Waals surface area contributed by atoms with Gasteiger partial charge in [0.05, 0.1) is 23.8 Å². The van der Waals surface area contributed by atoms with E-state index in [2.05, 4.69) is 15.5 Å². The van der Waals surface area contributed by atoms with Crippen LogP contribution in [0, 0.1) is 0 Å². The molecule has 0 atom stereocenters. The molecule has 23 heavy (non-hydrogen) atoms. The highest BCUT2D eigenvalue weighted by Crippen LogP contribution is 2.36. The quantitative estimate of drug-likeness (QED) is 0.823. The van der Waals surface area contributed by atoms with Gasteiger partial charge in [0.15, 0.2) is 0 Å². The SMILES string of the molecule is Cn1cc(C2=C3N=CN(N)C=C3N(c3ccc(Cl)cc3)N2)cn1. The highest BCUT2D eigenvalue weighted by molar-refractivity contribution is 6.30. The van der Waals surface area contributed by atoms with Crippen LogP contribution in [0.3, 0.4) is 0 Å². The van der Waals surface area contributed by atoms with Gasteiger partial charge in [-0.25, -0.2) is 10.8 Å². The van der Waals surface area contributed by atoms with E-state index < -0.39 is 0 Å². The van der Waals surface area contributed by atoms with Crippen LogP contribution < -0.4 is 16.3 Å². The lowest BCUT2D eigenvalue weighted by Crippen LogP contribution is -2.34. The summed E-state index contributed by atoms with van der Waals surface area (Å²) < 4.78 is 1.75. The predicted octanol–water partition coefficient (Wildman–Crippen LogP) is 1.83. The molecule has 0 radical (unpaired) electrons. The van der Waals surface area contributed by atoms with Crippen LogP contribution >= 0.6 is 11.6 Å². The van der Waals surface area contributed by atoms with E-state index in [1.807, 2.05) is 48.7 Å². The molecule has 0 unspecified atom stereocenters. The summed E-state index contributed by atoms with van der Waals surface area (Å²) in [5, 5.41) is 8.26. The van der Waals surface area contributed by atoms with Gasteiger partial charge in [0.25, 0.3) is 0 Å². The third-order valence-corrected chi connectivity index (χ3v) is 3.87. The predicted molar refractivity (Wildman–Crippen MR) is 89.8 cm³/mol. The van der Waals surface area contributed by atoms with Crippen LogP contribution in [0.5, 0.6) is 0 Å². The summed E-state index contributed by atoms with van der Waals surface area (Å²) in [6, 6.07) is 7.54. The van der Waals surface area contributed by atoms with Crippen LogP contribution in [-0.2, 0) is 7.05 Å². The Morgan fingerprint density at radius 3 is 2.70 bits per heavy atom. The van der Waals surface area contributed by atoms with E-state index in [0.717, 1.165) is 28.3 Å². The number of hydrogen-bond acceptors (Lipinski definition) is 6. The maximum absolute atomic E-state index is 5.98. The molecule has 7 nitrogen and oxygen atoms in total. The van der Waals surface area contributed by atoms with Crippen molar-refractivity contribution in [3.05, 3.63) is 64.8 Å². The number of nitrogens with one attached hydrogen (secondary N) is 1. The van der Waals surface area contributed by atoms with Crippen molar-refractivity contribution in [2.75, 3.05) is 5.01 Å². The van der Waals surface area contributed by atoms with Gasteiger partial charge < -0.3 is 0 Å². The monoisotopic (exact) mass is 327 g/mol. The summed E-state index contributed by atoms with van der Waals surface area (Å²) in [5.41, 5.74) is 7.81. The lowest BCUT2D eigenvalue weighted by Gasteiger charge is -2.24. The number of nitrogens with two attached hydrogens (primary N) is 1. The summed E-state index contributed by atoms with van der Waals surface area (Å²) >= 11 is 5.98. The number of halogens is 1. The zero-order valence-electron chi connectivity index (χ0n) is 12.3. The van der Waals surface area contributed by atoms with Gasteiger partial charge in [0.2, 0.25) is 0 Å². The number of hydrazine groups is 2. The van der Waals surface area contributed by atoms with Crippen LogP contribution in [-0.4, -0.2) is 21.1 Å². The van der Waals surface area contributed by atoms with Crippen LogP contribution in [0.25, 0.3) is 5.70 Å². The molecular formula is C15H14ClN7. The Bertz CT molecular complexity index is 847. The number of aryl methyl sites for hydroxylation is 1. The van der Waals surface area contributed by atoms with Crippen molar-refractivity contribution in [2.24, 2.45) is 17.9 Å². The first-order valence-electron chi connectivity index (χ1n) is 6.97. The van der Waals surface area contributed by atoms with Crippen molar-refractivity contribution in [1.29, 1.82) is 0 Å². The van der Waals surface area contributed by atoms with Gasteiger partial charge in [-0.1, -0.05) is 11.6 Å². The van der Waals surface area contributed by atoms with Crippen molar-refractivity contribution in [3.63, 3.8) is 0 Å². The van der Waals surface area contributed by atoms with Gasteiger partial charge in [-0.2, -0.15) is 5.10 Å². The fourth-order valence-electron chi connectivity index (χ4n) is 2.55. The maximum atomic E-state index is 5.98. The molecule has 2 aromatic rings. The average molecular weight is 328 g/mol. The second kappa shape index (κ2) is 5.15. The number of fused-ring (bicyclic) bond motifs is 1. The highest BCUT2D eigenvalue weighted by atomic mass is 35.5. The first-order valence-corrected chi connectivity index (χ1v) is 7.35. The molecule has 2 aliphatic heterocycles. The molecule has 0 amide bonds. The zero-order valence-corrected chi connectivity index (χ0v) is 13.1. The minimum atomic E-state index is 0.685. The average Bonchev–Trinajstić information content (AvgIpc) is 3.11. The van der Waals surface area contributed by atoms with Crippen LogP contribution in [0.2, 0.25) is 5.02 Å². The van der Waals surface area contributed by atoms with Crippen molar-refractivity contribution in [2.45, 2.75) is 0 Å². The summed E-state index contributed by atoms with van der Waals surface area (Å²) in [4.78, 5) is 4.45. The lowest BCUT2D eigenvalue weighted by atomic mass is 10.2. The van der Waals surface area contributed by atoms with E-state index >= 15 is 0 Å². The molecule has 4 rings (SSSR count). The number of anilines is 1. The molecule has 0 aliphatic carbocycles. The Morgan fingerprint density at radius 2 is 2.00 bits per heavy atom. The summed E-state index contributed by atoms with van der Waals surface area (Å²) in [7, 11) is 1.88. The molecule has 1 aromatic carbocycles. The van der Waals surface area contributed by atoms with E-state index in [1.54, 1.807) is 17.2 Å². The third kappa shape index (κ3) is 2.36. The van der Waals surface area contributed by atoms with E-state index in [9.17, 15) is 0 Å². The highest BCUT2D eigenvalue weighted by Gasteiger charge is 2.31. The standard InChI is InChI=1S/C15H14ClN7/c1-21-7-10(6-19-21)14-15-13(8-22(17)9-18-15)23(20-14)12-4-2-11(16)3-5-12/h2-9,20H,17H2,1H3. The Balaban J connectivity index is 1.79. The van der Waals surface area contributed by atoms with E-state index in [-0.39, 0.29) is 0 Å². The summed E-state index contributed by atoms with van der Waals surface area (Å²) in [6.45, 7) is 0. The molecule has 0 saturated heterocycles. The Hall–Kier alpha value is -2.77. The molecule has 8 heteroatoms. The summed E-state index contributed by atoms with van der Waals surface area (Å²) in [6.07, 6.45) is 7.11. The van der Waals surface area contributed by atoms with Gasteiger partial charge >= 0.3 is 0 Å². The number of aliphatic imine (C=N–C) groups is 1. The minimum absolute atomic E-state index is 0.685. The third-order valence-electron chi connectivity index (χ3n) is 3.61. The summed E-state index contributed by atoms with van der Waals surface area (Å²) in [5.74, 6) is 5.84. The smallest absolute Gasteiger partial charge is 0.118 e. The molecule has 2 aliphatic rings. The lowest BCUT2D eigenvalue weighted by molar-refractivity contribution is 0.598. The zero-order chi connectivity index (χ0) is 16.0. The normalized spacial score (nSPS) is 16.6. The van der Waals surface area contributed by atoms with Crippen molar-refractivity contribution in [1.82, 2.24) is 20.2 Å². The second-order valence-electron chi connectivity index (χ2n) is 5.26. The minimum Gasteiger partial charge on any atom is -0.291 e. The number of nitrogens with zero attached hydrogens (tertiary/aromatic N) is 5. The molecule has 0 spiro atoms. The number of aromatic nitrogens is 2. The molecule has 0 saturated carbocycles. The van der Waals surface area contributed by atoms with Crippen LogP contribution in [0.1, 0.15) is 5.56 Å². The van der Waals surface area contributed by atoms with E-state index in [1.165, 1.54) is 5.01 Å². The van der Waals surface area contributed by atoms with Crippen molar-refractivity contribution in [3.8, 4) is 0 Å². The number of rotatable bonds is 2. The number of hydrogen-bond donors (Lipinski definition) is 2. The Kier molecular flexibility index (Phi) is 3.10. The van der Waals surface area contributed by atoms with Gasteiger partial charge in [-0.3, -0.25) is 20.1 Å². The molecule has 3 heterocycles. The first kappa shape index (κ1) is 13.9. The van der Waals surface area contributed by atoms with Crippen LogP contribution in [0.15, 0.2) is 59.2 Å². The number of benzene rings is 1. The van der Waals surface area contributed by atoms with Gasteiger partial charge in [0.1, 0.15) is 17.7 Å². The van der Waals surface area contributed by atoms with Crippen molar-refractivity contribution >= 4 is 29.3 Å². The molecule has 116 valence electrons.